The van der Waals surface area contributed by atoms with Crippen LogP contribution in [0.15, 0.2) is 0 Å². The van der Waals surface area contributed by atoms with Gasteiger partial charge in [0.15, 0.2) is 0 Å². The summed E-state index contributed by atoms with van der Waals surface area (Å²) < 4.78 is 29.3. The Bertz CT molecular complexity index is 114. The van der Waals surface area contributed by atoms with Gasteiger partial charge in [-0.15, -0.1) is 4.33 Å². The van der Waals surface area contributed by atoms with Gasteiger partial charge in [0.05, 0.1) is 0 Å². The largest absolute Gasteiger partial charge is 3.00 e. The van der Waals surface area contributed by atoms with E-state index in [1.165, 1.54) is 0 Å². The molecule has 8 heteroatoms. The van der Waals surface area contributed by atoms with Crippen LogP contribution in [0.4, 0.5) is 0 Å². The Morgan fingerprint density at radius 2 is 1.62 bits per heavy atom. The first kappa shape index (κ1) is 15.7. The molecule has 1 radical (unpaired) electrons. The molecule has 0 aliphatic heterocycles. The van der Waals surface area contributed by atoms with Crippen LogP contribution in [-0.4, -0.2) is 18.2 Å². The van der Waals surface area contributed by atoms with Crippen LogP contribution in [0.25, 0.3) is 0 Å². The minimum atomic E-state index is -4.86. The second kappa shape index (κ2) is 5.45. The van der Waals surface area contributed by atoms with Crippen molar-refractivity contribution in [2.75, 3.05) is 0 Å². The zero-order valence-corrected chi connectivity index (χ0v) is 5.76. The molecule has 51 valence electrons. The third kappa shape index (κ3) is 16.2. The Kier molecular flexibility index (Phi) is 10.7. The quantitative estimate of drug-likeness (QED) is 0.185. The minimum Gasteiger partial charge on any atom is -0.724 e. The monoisotopic (exact) mass is 187 g/mol. The summed E-state index contributed by atoms with van der Waals surface area (Å²) in [5, 5.41) is 7.00. The van der Waals surface area contributed by atoms with E-state index >= 15 is 0 Å². The zero-order valence-electron chi connectivity index (χ0n) is 3.84. The van der Waals surface area contributed by atoms with Crippen LogP contribution in [0.5, 0.6) is 0 Å². The van der Waals surface area contributed by atoms with Gasteiger partial charge in [0.25, 0.3) is 0 Å². The van der Waals surface area contributed by atoms with Gasteiger partial charge in [-0.1, -0.05) is 0 Å². The standard InChI is InChI=1S/Fe.H3N.H2O5S/c;;1-5-6(2,3)4/h;1H3;1H,(H,2,3,4)/q+3;;. The summed E-state index contributed by atoms with van der Waals surface area (Å²) in [5.74, 6) is 0. The van der Waals surface area contributed by atoms with Crippen LogP contribution in [0.3, 0.4) is 0 Å². The van der Waals surface area contributed by atoms with Crippen molar-refractivity contribution >= 4 is 10.4 Å². The summed E-state index contributed by atoms with van der Waals surface area (Å²) in [4.78, 5) is 0. The minimum absolute atomic E-state index is 0. The van der Waals surface area contributed by atoms with E-state index in [-0.39, 0.29) is 23.2 Å². The first-order chi connectivity index (χ1) is 2.56. The third-order valence-electron chi connectivity index (χ3n) is 0.0913. The molecule has 0 fully saturated rings. The maximum Gasteiger partial charge on any atom is 3.00 e. The SMILES string of the molecule is O=S(=O)([O-])OO.[Fe+3].[NH4+]. The van der Waals surface area contributed by atoms with Crippen LogP contribution in [-0.2, 0) is 31.8 Å². The van der Waals surface area contributed by atoms with E-state index in [4.69, 9.17) is 18.2 Å². The second-order valence-electron chi connectivity index (χ2n) is 0.483. The summed E-state index contributed by atoms with van der Waals surface area (Å²) in [5.41, 5.74) is 0. The normalized spacial score (nSPS) is 8.75. The van der Waals surface area contributed by atoms with Crippen molar-refractivity contribution in [2.45, 2.75) is 0 Å². The molecule has 0 aliphatic carbocycles. The van der Waals surface area contributed by atoms with Crippen LogP contribution in [0.1, 0.15) is 0 Å². The predicted molar refractivity (Wildman–Crippen MR) is 19.4 cm³/mol. The average molecular weight is 187 g/mol. The van der Waals surface area contributed by atoms with Crippen LogP contribution in [0.2, 0.25) is 0 Å². The van der Waals surface area contributed by atoms with Crippen LogP contribution in [0, 0.1) is 0 Å². The zero-order chi connectivity index (χ0) is 5.21. The topological polar surface area (TPSA) is 123 Å². The fourth-order valence-corrected chi connectivity index (χ4v) is 0. The molecule has 0 aromatic heterocycles. The second-order valence-corrected chi connectivity index (χ2v) is 1.45. The van der Waals surface area contributed by atoms with Crippen molar-refractivity contribution in [3.8, 4) is 0 Å². The molecule has 0 aromatic carbocycles. The van der Waals surface area contributed by atoms with Gasteiger partial charge in [-0.3, -0.25) is 0 Å². The molecule has 5 N–H and O–H groups in total. The van der Waals surface area contributed by atoms with Crippen molar-refractivity contribution in [2.24, 2.45) is 0 Å². The fourth-order valence-electron chi connectivity index (χ4n) is 0. The van der Waals surface area contributed by atoms with E-state index in [0.29, 0.717) is 0 Å². The number of quaternary nitrogens is 1. The Balaban J connectivity index is -0.000000125. The smallest absolute Gasteiger partial charge is 0.724 e. The molecule has 0 heterocycles. The first-order valence-corrected chi connectivity index (χ1v) is 2.18. The van der Waals surface area contributed by atoms with Gasteiger partial charge in [0.1, 0.15) is 0 Å². The van der Waals surface area contributed by atoms with E-state index in [1.54, 1.807) is 0 Å². The first-order valence-electron chi connectivity index (χ1n) is 0.849. The Morgan fingerprint density at radius 1 is 1.50 bits per heavy atom. The van der Waals surface area contributed by atoms with Gasteiger partial charge in [-0.05, 0) is 0 Å². The van der Waals surface area contributed by atoms with Gasteiger partial charge in [-0.25, -0.2) is 13.7 Å². The van der Waals surface area contributed by atoms with Crippen molar-refractivity contribution in [3.63, 3.8) is 0 Å². The van der Waals surface area contributed by atoms with Gasteiger partial charge in [-0.2, -0.15) is 0 Å². The Hall–Kier alpha value is 0.309. The predicted octanol–water partition coefficient (Wildman–Crippen LogP) is -0.690. The molecule has 0 amide bonds. The number of hydrogen-bond donors (Lipinski definition) is 2. The van der Waals surface area contributed by atoms with E-state index in [0.717, 1.165) is 0 Å². The summed E-state index contributed by atoms with van der Waals surface area (Å²) in [6, 6.07) is 0. The molecule has 8 heavy (non-hydrogen) atoms. The Labute approximate surface area is 56.8 Å². The van der Waals surface area contributed by atoms with Crippen molar-refractivity contribution in [1.29, 1.82) is 0 Å². The summed E-state index contributed by atoms with van der Waals surface area (Å²) in [6.45, 7) is 0. The molecule has 0 bridgehead atoms. The molecular weight excluding hydrogens is 182 g/mol. The molecule has 0 rings (SSSR count). The van der Waals surface area contributed by atoms with Crippen molar-refractivity contribution in [1.82, 2.24) is 6.15 Å². The molecule has 0 unspecified atom stereocenters. The van der Waals surface area contributed by atoms with E-state index in [9.17, 15) is 0 Å². The van der Waals surface area contributed by atoms with Gasteiger partial charge in [0.2, 0.25) is 10.4 Å². The molecule has 0 saturated heterocycles. The molecule has 0 aliphatic rings. The number of hydrogen-bond acceptors (Lipinski definition) is 5. The van der Waals surface area contributed by atoms with Gasteiger partial charge >= 0.3 is 17.1 Å². The average Bonchev–Trinajstić information content (AvgIpc) is 1.35. The molecule has 0 aromatic rings. The van der Waals surface area contributed by atoms with E-state index < -0.39 is 10.4 Å². The van der Waals surface area contributed by atoms with Crippen molar-refractivity contribution < 1.29 is 39.6 Å². The fraction of sp³-hybridized carbons (Fsp3) is 0. The van der Waals surface area contributed by atoms with E-state index in [1.807, 2.05) is 0 Å². The van der Waals surface area contributed by atoms with E-state index in [2.05, 4.69) is 4.33 Å². The van der Waals surface area contributed by atoms with Crippen molar-refractivity contribution in [3.05, 3.63) is 0 Å². The molecule has 6 nitrogen and oxygen atoms in total. The Morgan fingerprint density at radius 3 is 1.62 bits per heavy atom. The number of rotatable bonds is 1. The van der Waals surface area contributed by atoms with Crippen LogP contribution >= 0.6 is 0 Å². The molecule has 0 spiro atoms. The third-order valence-corrected chi connectivity index (χ3v) is 0.274. The summed E-state index contributed by atoms with van der Waals surface area (Å²) >= 11 is 0. The summed E-state index contributed by atoms with van der Waals surface area (Å²) in [7, 11) is -4.86. The van der Waals surface area contributed by atoms with Crippen LogP contribution < -0.4 is 6.15 Å². The molecular formula is H5FeNO5S+3. The van der Waals surface area contributed by atoms with Gasteiger partial charge in [0, 0.05) is 0 Å². The molecule has 0 saturated carbocycles. The molecule has 0 atom stereocenters. The summed E-state index contributed by atoms with van der Waals surface area (Å²) in [6.07, 6.45) is 0. The maximum absolute atomic E-state index is 8.97. The maximum atomic E-state index is 8.97. The van der Waals surface area contributed by atoms with Gasteiger partial charge < -0.3 is 10.7 Å².